The summed E-state index contributed by atoms with van der Waals surface area (Å²) >= 11 is 2.91. The molecule has 0 aromatic carbocycles. The molecule has 0 saturated carbocycles. The van der Waals surface area contributed by atoms with Crippen molar-refractivity contribution in [2.24, 2.45) is 0 Å². The van der Waals surface area contributed by atoms with E-state index >= 15 is 0 Å². The van der Waals surface area contributed by atoms with Crippen molar-refractivity contribution in [1.29, 1.82) is 0 Å². The van der Waals surface area contributed by atoms with Crippen molar-refractivity contribution < 1.29 is 29.0 Å². The van der Waals surface area contributed by atoms with Gasteiger partial charge in [-0.1, -0.05) is 6.08 Å². The normalized spacial score (nSPS) is 15.5. The summed E-state index contributed by atoms with van der Waals surface area (Å²) in [5.74, 6) is -0.233. The van der Waals surface area contributed by atoms with Crippen molar-refractivity contribution in [3.63, 3.8) is 0 Å². The van der Waals surface area contributed by atoms with E-state index in [0.717, 1.165) is 38.7 Å². The van der Waals surface area contributed by atoms with Crippen molar-refractivity contribution in [3.05, 3.63) is 27.6 Å². The van der Waals surface area contributed by atoms with Gasteiger partial charge in [0, 0.05) is 41.4 Å². The Labute approximate surface area is 236 Å². The first-order chi connectivity index (χ1) is 18.4. The summed E-state index contributed by atoms with van der Waals surface area (Å²) in [5.41, 5.74) is 3.32. The maximum Gasteiger partial charge on any atom is 0.410 e. The molecule has 0 atom stereocenters. The summed E-state index contributed by atoms with van der Waals surface area (Å²) in [6, 6.07) is -0.132. The van der Waals surface area contributed by atoms with Crippen LogP contribution in [0.4, 0.5) is 14.6 Å². The predicted octanol–water partition coefficient (Wildman–Crippen LogP) is 5.69. The Balaban J connectivity index is 1.56. The van der Waals surface area contributed by atoms with Crippen LogP contribution in [0.1, 0.15) is 63.6 Å². The SMILES string of the molecule is CC(C)N(CCC(=O)Nc1sc2c(c1-c1nc(C3=CCOCC3)cs1)CCN(C(=O)O)C2)C(=O)OC(C)(C)C. The zero-order valence-electron chi connectivity index (χ0n) is 23.0. The average Bonchev–Trinajstić information content (AvgIpc) is 3.47. The predicted molar refractivity (Wildman–Crippen MR) is 152 cm³/mol. The number of aromatic nitrogens is 1. The van der Waals surface area contributed by atoms with Crippen LogP contribution >= 0.6 is 22.7 Å². The highest BCUT2D eigenvalue weighted by molar-refractivity contribution is 7.18. The molecule has 0 bridgehead atoms. The molecule has 0 radical (unpaired) electrons. The van der Waals surface area contributed by atoms with Crippen LogP contribution in [-0.2, 0) is 27.2 Å². The first kappa shape index (κ1) is 29.0. The van der Waals surface area contributed by atoms with Crippen LogP contribution in [0, 0.1) is 0 Å². The number of amides is 3. The minimum Gasteiger partial charge on any atom is -0.465 e. The molecule has 4 rings (SSSR count). The van der Waals surface area contributed by atoms with Crippen molar-refractivity contribution >= 4 is 51.3 Å². The molecular formula is C27H36N4O6S2. The number of fused-ring (bicyclic) bond motifs is 1. The lowest BCUT2D eigenvalue weighted by atomic mass is 10.0. The number of carbonyl (C=O) groups is 3. The number of nitrogens with zero attached hydrogens (tertiary/aromatic N) is 3. The molecule has 0 aliphatic carbocycles. The summed E-state index contributed by atoms with van der Waals surface area (Å²) in [6.45, 7) is 11.3. The van der Waals surface area contributed by atoms with E-state index in [0.29, 0.717) is 31.2 Å². The van der Waals surface area contributed by atoms with E-state index in [9.17, 15) is 19.5 Å². The smallest absolute Gasteiger partial charge is 0.410 e. The van der Waals surface area contributed by atoms with E-state index < -0.39 is 17.8 Å². The fourth-order valence-corrected chi connectivity index (χ4v) is 6.74. The summed E-state index contributed by atoms with van der Waals surface area (Å²) in [7, 11) is 0. The van der Waals surface area contributed by atoms with Gasteiger partial charge in [0.1, 0.15) is 15.6 Å². The van der Waals surface area contributed by atoms with E-state index in [1.54, 1.807) is 4.90 Å². The van der Waals surface area contributed by atoms with E-state index in [1.165, 1.54) is 27.6 Å². The molecular weight excluding hydrogens is 540 g/mol. The molecule has 2 aromatic rings. The van der Waals surface area contributed by atoms with Crippen molar-refractivity contribution in [3.8, 4) is 10.6 Å². The van der Waals surface area contributed by atoms with Gasteiger partial charge in [0.25, 0.3) is 0 Å². The van der Waals surface area contributed by atoms with Crippen LogP contribution in [0.3, 0.4) is 0 Å². The molecule has 2 aliphatic heterocycles. The third-order valence-corrected chi connectivity index (χ3v) is 8.41. The lowest BCUT2D eigenvalue weighted by Crippen LogP contribution is -2.42. The second kappa shape index (κ2) is 12.1. The zero-order valence-corrected chi connectivity index (χ0v) is 24.7. The molecule has 2 aromatic heterocycles. The molecule has 10 nitrogen and oxygen atoms in total. The number of hydrogen-bond acceptors (Lipinski definition) is 8. The van der Waals surface area contributed by atoms with Crippen LogP contribution in [0.2, 0.25) is 0 Å². The Morgan fingerprint density at radius 3 is 2.69 bits per heavy atom. The standard InChI is InChI=1S/C27H36N4O6S2/c1-16(2)31(26(35)37-27(3,4)5)11-7-21(32)29-24-22(18-6-10-30(25(33)34)14-20(18)39-24)23-28-19(15-38-23)17-8-12-36-13-9-17/h8,15-16H,6-7,9-14H2,1-5H3,(H,29,32)(H,33,34). The molecule has 4 heterocycles. The number of rotatable bonds is 7. The Kier molecular flexibility index (Phi) is 8.97. The summed E-state index contributed by atoms with van der Waals surface area (Å²) < 4.78 is 10.9. The van der Waals surface area contributed by atoms with E-state index in [4.69, 9.17) is 14.5 Å². The van der Waals surface area contributed by atoms with Gasteiger partial charge in [0.15, 0.2) is 0 Å². The number of thiazole rings is 1. The molecule has 2 aliphatic rings. The zero-order chi connectivity index (χ0) is 28.3. The van der Waals surface area contributed by atoms with Gasteiger partial charge in [0.2, 0.25) is 5.91 Å². The van der Waals surface area contributed by atoms with E-state index in [2.05, 4.69) is 5.32 Å². The Hall–Kier alpha value is -2.96. The molecule has 0 fully saturated rings. The summed E-state index contributed by atoms with van der Waals surface area (Å²) in [6.07, 6.45) is 2.07. The highest BCUT2D eigenvalue weighted by Gasteiger charge is 2.30. The number of ether oxygens (including phenoxy) is 2. The second-order valence-electron chi connectivity index (χ2n) is 10.8. The van der Waals surface area contributed by atoms with E-state index in [-0.39, 0.29) is 31.5 Å². The third-order valence-electron chi connectivity index (χ3n) is 6.42. The highest BCUT2D eigenvalue weighted by atomic mass is 32.1. The average molecular weight is 577 g/mol. The molecule has 0 unspecified atom stereocenters. The topological polar surface area (TPSA) is 121 Å². The third kappa shape index (κ3) is 7.17. The number of carboxylic acid groups (broad SMARTS) is 1. The number of nitrogens with one attached hydrogen (secondary N) is 1. The highest BCUT2D eigenvalue weighted by Crippen LogP contribution is 2.45. The number of thiophene rings is 1. The van der Waals surface area contributed by atoms with Crippen LogP contribution in [0.5, 0.6) is 0 Å². The quantitative estimate of drug-likeness (QED) is 0.435. The summed E-state index contributed by atoms with van der Waals surface area (Å²) in [5, 5.41) is 16.1. The lowest BCUT2D eigenvalue weighted by Gasteiger charge is -2.29. The fraction of sp³-hybridized carbons (Fsp3) is 0.556. The molecule has 12 heteroatoms. The van der Waals surface area contributed by atoms with Crippen molar-refractivity contribution in [1.82, 2.24) is 14.8 Å². The van der Waals surface area contributed by atoms with Gasteiger partial charge in [-0.05, 0) is 58.6 Å². The molecule has 2 N–H and O–H groups in total. The largest absolute Gasteiger partial charge is 0.465 e. The first-order valence-corrected chi connectivity index (χ1v) is 14.8. The van der Waals surface area contributed by atoms with Crippen molar-refractivity contribution in [2.45, 2.75) is 72.1 Å². The Morgan fingerprint density at radius 1 is 1.28 bits per heavy atom. The van der Waals surface area contributed by atoms with Gasteiger partial charge in [0.05, 0.1) is 25.5 Å². The number of hydrogen-bond donors (Lipinski definition) is 2. The molecule has 0 saturated heterocycles. The number of carbonyl (C=O) groups excluding carboxylic acids is 2. The van der Waals surface area contributed by atoms with Gasteiger partial charge >= 0.3 is 12.2 Å². The van der Waals surface area contributed by atoms with Gasteiger partial charge in [-0.15, -0.1) is 22.7 Å². The van der Waals surface area contributed by atoms with Gasteiger partial charge in [-0.2, -0.15) is 0 Å². The van der Waals surface area contributed by atoms with Gasteiger partial charge in [-0.25, -0.2) is 14.6 Å². The van der Waals surface area contributed by atoms with Gasteiger partial charge < -0.3 is 29.7 Å². The monoisotopic (exact) mass is 576 g/mol. The minimum absolute atomic E-state index is 0.0939. The lowest BCUT2D eigenvalue weighted by molar-refractivity contribution is -0.116. The van der Waals surface area contributed by atoms with E-state index in [1.807, 2.05) is 46.1 Å². The Bertz CT molecular complexity index is 1260. The van der Waals surface area contributed by atoms with Crippen LogP contribution in [0.15, 0.2) is 11.5 Å². The molecule has 0 spiro atoms. The summed E-state index contributed by atoms with van der Waals surface area (Å²) in [4.78, 5) is 46.2. The first-order valence-electron chi connectivity index (χ1n) is 13.1. The number of anilines is 1. The molecule has 39 heavy (non-hydrogen) atoms. The molecule has 3 amide bonds. The maximum atomic E-state index is 13.1. The van der Waals surface area contributed by atoms with Crippen molar-refractivity contribution in [2.75, 3.05) is 31.6 Å². The van der Waals surface area contributed by atoms with Crippen LogP contribution < -0.4 is 5.32 Å². The maximum absolute atomic E-state index is 13.1. The second-order valence-corrected chi connectivity index (χ2v) is 12.8. The van der Waals surface area contributed by atoms with Gasteiger partial charge in [-0.3, -0.25) is 4.79 Å². The van der Waals surface area contributed by atoms with Crippen LogP contribution in [-0.4, -0.2) is 75.9 Å². The fourth-order valence-electron chi connectivity index (χ4n) is 4.47. The minimum atomic E-state index is -0.958. The Morgan fingerprint density at radius 2 is 2.05 bits per heavy atom. The molecule has 212 valence electrons. The van der Waals surface area contributed by atoms with Crippen LogP contribution in [0.25, 0.3) is 16.1 Å².